The average molecular weight is 270 g/mol. The lowest BCUT2D eigenvalue weighted by Gasteiger charge is -2.27. The molecule has 1 aliphatic heterocycles. The molecule has 0 bridgehead atoms. The molecule has 0 amide bonds. The summed E-state index contributed by atoms with van der Waals surface area (Å²) in [4.78, 5) is 6.66. The summed E-state index contributed by atoms with van der Waals surface area (Å²) in [5.41, 5.74) is 6.61. The SMILES string of the molecule is NCc1ccnc(N2CCCC2CCCO)c1Cl. The Labute approximate surface area is 113 Å². The number of halogens is 1. The highest BCUT2D eigenvalue weighted by Crippen LogP contribution is 2.33. The van der Waals surface area contributed by atoms with Gasteiger partial charge in [0.1, 0.15) is 5.82 Å². The highest BCUT2D eigenvalue weighted by Gasteiger charge is 2.27. The van der Waals surface area contributed by atoms with Crippen molar-refractivity contribution in [3.8, 4) is 0 Å². The Morgan fingerprint density at radius 3 is 3.11 bits per heavy atom. The summed E-state index contributed by atoms with van der Waals surface area (Å²) in [7, 11) is 0. The van der Waals surface area contributed by atoms with Crippen molar-refractivity contribution in [2.45, 2.75) is 38.3 Å². The predicted molar refractivity (Wildman–Crippen MR) is 73.8 cm³/mol. The van der Waals surface area contributed by atoms with E-state index in [9.17, 15) is 0 Å². The molecule has 1 aliphatic rings. The van der Waals surface area contributed by atoms with Crippen molar-refractivity contribution >= 4 is 17.4 Å². The van der Waals surface area contributed by atoms with Crippen molar-refractivity contribution in [1.82, 2.24) is 4.98 Å². The van der Waals surface area contributed by atoms with Crippen molar-refractivity contribution in [3.63, 3.8) is 0 Å². The van der Waals surface area contributed by atoms with Crippen LogP contribution in [-0.2, 0) is 6.54 Å². The van der Waals surface area contributed by atoms with Gasteiger partial charge in [0, 0.05) is 31.9 Å². The normalized spacial score (nSPS) is 19.5. The van der Waals surface area contributed by atoms with Crippen molar-refractivity contribution in [2.75, 3.05) is 18.1 Å². The maximum atomic E-state index is 8.94. The summed E-state index contributed by atoms with van der Waals surface area (Å²) in [6.45, 7) is 1.66. The molecule has 0 aromatic carbocycles. The molecule has 1 unspecified atom stereocenters. The Morgan fingerprint density at radius 2 is 2.39 bits per heavy atom. The maximum Gasteiger partial charge on any atom is 0.147 e. The molecule has 1 atom stereocenters. The van der Waals surface area contributed by atoms with Gasteiger partial charge in [-0.15, -0.1) is 0 Å². The second kappa shape index (κ2) is 6.36. The smallest absolute Gasteiger partial charge is 0.147 e. The van der Waals surface area contributed by atoms with Gasteiger partial charge in [-0.05, 0) is 37.3 Å². The van der Waals surface area contributed by atoms with E-state index in [1.165, 1.54) is 0 Å². The van der Waals surface area contributed by atoms with Gasteiger partial charge >= 0.3 is 0 Å². The van der Waals surface area contributed by atoms with Gasteiger partial charge in [0.05, 0.1) is 5.02 Å². The van der Waals surface area contributed by atoms with Gasteiger partial charge in [-0.2, -0.15) is 0 Å². The van der Waals surface area contributed by atoms with Crippen LogP contribution in [-0.4, -0.2) is 29.3 Å². The van der Waals surface area contributed by atoms with Crippen LogP contribution >= 0.6 is 11.6 Å². The summed E-state index contributed by atoms with van der Waals surface area (Å²) in [6.07, 6.45) is 5.88. The lowest BCUT2D eigenvalue weighted by atomic mass is 10.1. The first-order chi connectivity index (χ1) is 8.77. The van der Waals surface area contributed by atoms with E-state index in [1.54, 1.807) is 6.20 Å². The summed E-state index contributed by atoms with van der Waals surface area (Å²) >= 11 is 6.35. The fourth-order valence-corrected chi connectivity index (χ4v) is 2.87. The molecule has 2 rings (SSSR count). The summed E-state index contributed by atoms with van der Waals surface area (Å²) < 4.78 is 0. The first-order valence-electron chi connectivity index (χ1n) is 6.49. The number of nitrogens with zero attached hydrogens (tertiary/aromatic N) is 2. The van der Waals surface area contributed by atoms with Crippen LogP contribution in [0.2, 0.25) is 5.02 Å². The van der Waals surface area contributed by atoms with E-state index >= 15 is 0 Å². The van der Waals surface area contributed by atoms with E-state index in [0.29, 0.717) is 17.6 Å². The van der Waals surface area contributed by atoms with Crippen molar-refractivity contribution in [1.29, 1.82) is 0 Å². The Morgan fingerprint density at radius 1 is 1.56 bits per heavy atom. The lowest BCUT2D eigenvalue weighted by Crippen LogP contribution is -2.30. The molecule has 1 fully saturated rings. The number of pyridine rings is 1. The molecule has 1 saturated heterocycles. The Balaban J connectivity index is 2.19. The zero-order valence-electron chi connectivity index (χ0n) is 10.5. The Kier molecular flexibility index (Phi) is 4.80. The number of hydrogen-bond donors (Lipinski definition) is 2. The standard InChI is InChI=1S/C13H20ClN3O/c14-12-10(9-15)5-6-16-13(12)17-7-1-3-11(17)4-2-8-18/h5-6,11,18H,1-4,7-9,15H2. The Bertz CT molecular complexity index is 400. The molecule has 0 aliphatic carbocycles. The number of nitrogens with two attached hydrogens (primary N) is 1. The fraction of sp³-hybridized carbons (Fsp3) is 0.615. The van der Waals surface area contributed by atoms with Gasteiger partial charge in [0.25, 0.3) is 0 Å². The van der Waals surface area contributed by atoms with Crippen molar-refractivity contribution < 1.29 is 5.11 Å². The minimum atomic E-state index is 0.244. The first-order valence-corrected chi connectivity index (χ1v) is 6.86. The van der Waals surface area contributed by atoms with Crippen LogP contribution in [0.15, 0.2) is 12.3 Å². The quantitative estimate of drug-likeness (QED) is 0.858. The fourth-order valence-electron chi connectivity index (χ4n) is 2.57. The molecule has 0 saturated carbocycles. The largest absolute Gasteiger partial charge is 0.396 e. The molecule has 1 aromatic heterocycles. The van der Waals surface area contributed by atoms with Gasteiger partial charge < -0.3 is 15.7 Å². The molecule has 1 aromatic rings. The van der Waals surface area contributed by atoms with Gasteiger partial charge in [0.2, 0.25) is 0 Å². The minimum Gasteiger partial charge on any atom is -0.396 e. The van der Waals surface area contributed by atoms with Crippen molar-refractivity contribution in [3.05, 3.63) is 22.8 Å². The number of hydrogen-bond acceptors (Lipinski definition) is 4. The zero-order chi connectivity index (χ0) is 13.0. The first kappa shape index (κ1) is 13.6. The molecule has 2 heterocycles. The second-order valence-electron chi connectivity index (χ2n) is 4.67. The van der Waals surface area contributed by atoms with Crippen LogP contribution in [0.5, 0.6) is 0 Å². The summed E-state index contributed by atoms with van der Waals surface area (Å²) in [5.74, 6) is 0.847. The number of rotatable bonds is 5. The number of aliphatic hydroxyl groups is 1. The minimum absolute atomic E-state index is 0.244. The van der Waals surface area contributed by atoms with Gasteiger partial charge in [-0.1, -0.05) is 11.6 Å². The van der Waals surface area contributed by atoms with Crippen LogP contribution < -0.4 is 10.6 Å². The molecule has 4 nitrogen and oxygen atoms in total. The van der Waals surface area contributed by atoms with E-state index in [4.69, 9.17) is 22.4 Å². The number of aliphatic hydroxyl groups excluding tert-OH is 1. The van der Waals surface area contributed by atoms with Gasteiger partial charge in [0.15, 0.2) is 0 Å². The molecule has 18 heavy (non-hydrogen) atoms. The molecule has 0 radical (unpaired) electrons. The third-order valence-corrected chi connectivity index (χ3v) is 3.93. The lowest BCUT2D eigenvalue weighted by molar-refractivity contribution is 0.279. The highest BCUT2D eigenvalue weighted by atomic mass is 35.5. The van der Waals surface area contributed by atoms with E-state index in [0.717, 1.165) is 43.6 Å². The molecular formula is C13H20ClN3O. The summed E-state index contributed by atoms with van der Waals surface area (Å²) in [6, 6.07) is 2.31. The third kappa shape index (κ3) is 2.76. The second-order valence-corrected chi connectivity index (χ2v) is 5.05. The molecule has 5 heteroatoms. The average Bonchev–Trinajstić information content (AvgIpc) is 2.84. The van der Waals surface area contributed by atoms with Gasteiger partial charge in [-0.25, -0.2) is 4.98 Å². The number of aromatic nitrogens is 1. The van der Waals surface area contributed by atoms with Gasteiger partial charge in [-0.3, -0.25) is 0 Å². The van der Waals surface area contributed by atoms with E-state index < -0.39 is 0 Å². The van der Waals surface area contributed by atoms with E-state index in [2.05, 4.69) is 9.88 Å². The molecule has 100 valence electrons. The molecular weight excluding hydrogens is 250 g/mol. The zero-order valence-corrected chi connectivity index (χ0v) is 11.2. The van der Waals surface area contributed by atoms with Crippen LogP contribution in [0, 0.1) is 0 Å². The van der Waals surface area contributed by atoms with Crippen molar-refractivity contribution in [2.24, 2.45) is 5.73 Å². The number of anilines is 1. The highest BCUT2D eigenvalue weighted by molar-refractivity contribution is 6.33. The molecule has 0 spiro atoms. The third-order valence-electron chi connectivity index (χ3n) is 3.52. The van der Waals surface area contributed by atoms with Crippen LogP contribution in [0.25, 0.3) is 0 Å². The molecule has 3 N–H and O–H groups in total. The van der Waals surface area contributed by atoms with E-state index in [-0.39, 0.29) is 6.61 Å². The van der Waals surface area contributed by atoms with Crippen LogP contribution in [0.3, 0.4) is 0 Å². The predicted octanol–water partition coefficient (Wildman–Crippen LogP) is 1.94. The van der Waals surface area contributed by atoms with Crippen LogP contribution in [0.1, 0.15) is 31.2 Å². The maximum absolute atomic E-state index is 8.94. The monoisotopic (exact) mass is 269 g/mol. The Hall–Kier alpha value is -0.840. The van der Waals surface area contributed by atoms with Crippen LogP contribution in [0.4, 0.5) is 5.82 Å². The van der Waals surface area contributed by atoms with E-state index in [1.807, 2.05) is 6.07 Å². The topological polar surface area (TPSA) is 62.4 Å². The summed E-state index contributed by atoms with van der Waals surface area (Å²) in [5, 5.41) is 9.62.